The van der Waals surface area contributed by atoms with Gasteiger partial charge in [0.05, 0.1) is 6.10 Å². The van der Waals surface area contributed by atoms with Crippen LogP contribution in [0.4, 0.5) is 13.2 Å². The summed E-state index contributed by atoms with van der Waals surface area (Å²) in [6.07, 6.45) is -1.91. The van der Waals surface area contributed by atoms with E-state index >= 15 is 0 Å². The van der Waals surface area contributed by atoms with Gasteiger partial charge in [-0.15, -0.1) is 0 Å². The molecule has 0 radical (unpaired) electrons. The van der Waals surface area contributed by atoms with Crippen LogP contribution in [0.3, 0.4) is 0 Å². The largest absolute Gasteiger partial charge is 0.388 e. The Kier molecular flexibility index (Phi) is 3.16. The molecule has 0 amide bonds. The van der Waals surface area contributed by atoms with E-state index in [1.165, 1.54) is 12.1 Å². The zero-order valence-corrected chi connectivity index (χ0v) is 7.67. The van der Waals surface area contributed by atoms with Gasteiger partial charge >= 0.3 is 0 Å². The van der Waals surface area contributed by atoms with Gasteiger partial charge in [0.25, 0.3) is 0 Å². The highest BCUT2D eigenvalue weighted by Gasteiger charge is 2.26. The minimum atomic E-state index is -2.92. The Balaban J connectivity index is 2.70. The zero-order chi connectivity index (χ0) is 10.8. The van der Waals surface area contributed by atoms with Gasteiger partial charge in [-0.1, -0.05) is 12.1 Å². The highest BCUT2D eigenvalue weighted by atomic mass is 19.3. The summed E-state index contributed by atoms with van der Waals surface area (Å²) in [5, 5.41) is 9.34. The van der Waals surface area contributed by atoms with E-state index in [9.17, 15) is 18.3 Å². The first kappa shape index (κ1) is 11.0. The van der Waals surface area contributed by atoms with E-state index in [0.29, 0.717) is 5.56 Å². The number of aliphatic hydroxyl groups excluding tert-OH is 1. The zero-order valence-electron chi connectivity index (χ0n) is 7.67. The van der Waals surface area contributed by atoms with E-state index < -0.39 is 24.3 Å². The third-order valence-corrected chi connectivity index (χ3v) is 1.81. The monoisotopic (exact) mass is 204 g/mol. The topological polar surface area (TPSA) is 20.2 Å². The Morgan fingerprint density at radius 3 is 2.21 bits per heavy atom. The highest BCUT2D eigenvalue weighted by molar-refractivity contribution is 5.18. The minimum Gasteiger partial charge on any atom is -0.388 e. The molecule has 0 saturated carbocycles. The maximum atomic E-state index is 12.5. The number of halogens is 3. The molecular formula is C10H11F3O. The Labute approximate surface area is 80.2 Å². The summed E-state index contributed by atoms with van der Waals surface area (Å²) in [7, 11) is 0. The Morgan fingerprint density at radius 1 is 1.29 bits per heavy atom. The third-order valence-electron chi connectivity index (χ3n) is 1.81. The van der Waals surface area contributed by atoms with Gasteiger partial charge in [-0.25, -0.2) is 13.2 Å². The number of alkyl halides is 2. The van der Waals surface area contributed by atoms with Crippen LogP contribution in [0.15, 0.2) is 24.3 Å². The molecule has 0 aliphatic heterocycles. The van der Waals surface area contributed by atoms with Crippen LogP contribution in [0.5, 0.6) is 0 Å². The van der Waals surface area contributed by atoms with Crippen LogP contribution in [0.1, 0.15) is 25.0 Å². The molecule has 0 heterocycles. The average molecular weight is 204 g/mol. The molecule has 14 heavy (non-hydrogen) atoms. The van der Waals surface area contributed by atoms with Gasteiger partial charge in [0, 0.05) is 6.42 Å². The van der Waals surface area contributed by atoms with Crippen LogP contribution in [0.2, 0.25) is 0 Å². The van der Waals surface area contributed by atoms with Gasteiger partial charge in [-0.3, -0.25) is 0 Å². The smallest absolute Gasteiger partial charge is 0.248 e. The number of hydrogen-bond donors (Lipinski definition) is 1. The summed E-state index contributed by atoms with van der Waals surface area (Å²) in [4.78, 5) is 0. The summed E-state index contributed by atoms with van der Waals surface area (Å²) in [5.41, 5.74) is 0.299. The van der Waals surface area contributed by atoms with E-state index in [4.69, 9.17) is 0 Å². The van der Waals surface area contributed by atoms with Crippen molar-refractivity contribution in [3.05, 3.63) is 35.6 Å². The maximum Gasteiger partial charge on any atom is 0.248 e. The van der Waals surface area contributed by atoms with Crippen LogP contribution in [-0.2, 0) is 0 Å². The minimum absolute atomic E-state index is 0.299. The molecule has 1 nitrogen and oxygen atoms in total. The standard InChI is InChI=1S/C10H11F3O/c1-10(12,13)6-9(14)7-2-4-8(11)5-3-7/h2-5,9,14H,6H2,1H3. The molecule has 0 aliphatic rings. The second kappa shape index (κ2) is 4.00. The van der Waals surface area contributed by atoms with Gasteiger partial charge < -0.3 is 5.11 Å². The van der Waals surface area contributed by atoms with Gasteiger partial charge in [0.15, 0.2) is 0 Å². The number of rotatable bonds is 3. The van der Waals surface area contributed by atoms with E-state index in [0.717, 1.165) is 19.1 Å². The normalized spacial score (nSPS) is 14.1. The van der Waals surface area contributed by atoms with E-state index in [-0.39, 0.29) is 0 Å². The number of hydrogen-bond acceptors (Lipinski definition) is 1. The van der Waals surface area contributed by atoms with Gasteiger partial charge in [-0.2, -0.15) is 0 Å². The number of benzene rings is 1. The van der Waals surface area contributed by atoms with Gasteiger partial charge in [-0.05, 0) is 24.6 Å². The third kappa shape index (κ3) is 3.38. The Morgan fingerprint density at radius 2 is 1.79 bits per heavy atom. The summed E-state index contributed by atoms with van der Waals surface area (Å²) >= 11 is 0. The van der Waals surface area contributed by atoms with Crippen LogP contribution in [0, 0.1) is 5.82 Å². The molecule has 1 rings (SSSR count). The fourth-order valence-electron chi connectivity index (χ4n) is 1.14. The predicted octanol–water partition coefficient (Wildman–Crippen LogP) is 2.90. The molecule has 1 unspecified atom stereocenters. The van der Waals surface area contributed by atoms with E-state index in [1.54, 1.807) is 0 Å². The quantitative estimate of drug-likeness (QED) is 0.802. The summed E-state index contributed by atoms with van der Waals surface area (Å²) < 4.78 is 37.5. The highest BCUT2D eigenvalue weighted by Crippen LogP contribution is 2.27. The fourth-order valence-corrected chi connectivity index (χ4v) is 1.14. The van der Waals surface area contributed by atoms with E-state index in [2.05, 4.69) is 0 Å². The molecule has 1 atom stereocenters. The van der Waals surface area contributed by atoms with Crippen LogP contribution in [-0.4, -0.2) is 11.0 Å². The van der Waals surface area contributed by atoms with Crippen molar-refractivity contribution in [2.75, 3.05) is 0 Å². The Bertz CT molecular complexity index is 289. The molecule has 78 valence electrons. The molecule has 0 spiro atoms. The molecular weight excluding hydrogens is 193 g/mol. The molecule has 0 fully saturated rings. The fraction of sp³-hybridized carbons (Fsp3) is 0.400. The average Bonchev–Trinajstić information content (AvgIpc) is 2.02. The van der Waals surface area contributed by atoms with Crippen molar-refractivity contribution in [2.24, 2.45) is 0 Å². The van der Waals surface area contributed by atoms with Crippen molar-refractivity contribution in [1.29, 1.82) is 0 Å². The lowest BCUT2D eigenvalue weighted by molar-refractivity contribution is -0.0284. The molecule has 0 bridgehead atoms. The molecule has 1 aromatic carbocycles. The van der Waals surface area contributed by atoms with Gasteiger partial charge in [0.2, 0.25) is 5.92 Å². The first-order valence-corrected chi connectivity index (χ1v) is 4.20. The second-order valence-electron chi connectivity index (χ2n) is 3.34. The van der Waals surface area contributed by atoms with Crippen molar-refractivity contribution in [2.45, 2.75) is 25.4 Å². The SMILES string of the molecule is CC(F)(F)CC(O)c1ccc(F)cc1. The molecule has 4 heteroatoms. The lowest BCUT2D eigenvalue weighted by atomic mass is 10.0. The first-order chi connectivity index (χ1) is 6.38. The van der Waals surface area contributed by atoms with Crippen LogP contribution < -0.4 is 0 Å². The first-order valence-electron chi connectivity index (χ1n) is 4.20. The molecule has 0 saturated heterocycles. The van der Waals surface area contributed by atoms with Crippen molar-refractivity contribution in [3.8, 4) is 0 Å². The van der Waals surface area contributed by atoms with Crippen LogP contribution >= 0.6 is 0 Å². The maximum absolute atomic E-state index is 12.5. The molecule has 0 aliphatic carbocycles. The van der Waals surface area contributed by atoms with Gasteiger partial charge in [0.1, 0.15) is 5.82 Å². The Hall–Kier alpha value is -1.03. The van der Waals surface area contributed by atoms with Crippen molar-refractivity contribution in [1.82, 2.24) is 0 Å². The molecule has 0 aromatic heterocycles. The molecule has 1 aromatic rings. The lowest BCUT2D eigenvalue weighted by Gasteiger charge is -2.15. The summed E-state index contributed by atoms with van der Waals surface area (Å²) in [6.45, 7) is 0.736. The predicted molar refractivity (Wildman–Crippen MR) is 46.6 cm³/mol. The lowest BCUT2D eigenvalue weighted by Crippen LogP contribution is -2.15. The second-order valence-corrected chi connectivity index (χ2v) is 3.34. The summed E-state index contributed by atoms with van der Waals surface area (Å²) in [6, 6.07) is 4.86. The van der Waals surface area contributed by atoms with Crippen molar-refractivity contribution < 1.29 is 18.3 Å². The van der Waals surface area contributed by atoms with Crippen molar-refractivity contribution in [3.63, 3.8) is 0 Å². The summed E-state index contributed by atoms with van der Waals surface area (Å²) in [5.74, 6) is -3.38. The molecule has 1 N–H and O–H groups in total. The van der Waals surface area contributed by atoms with E-state index in [1.807, 2.05) is 0 Å². The van der Waals surface area contributed by atoms with Crippen molar-refractivity contribution >= 4 is 0 Å². The van der Waals surface area contributed by atoms with Crippen LogP contribution in [0.25, 0.3) is 0 Å². The number of aliphatic hydroxyl groups is 1.